The second kappa shape index (κ2) is 5.05. The third kappa shape index (κ3) is 2.68. The van der Waals surface area contributed by atoms with Gasteiger partial charge in [-0.3, -0.25) is 4.98 Å². The first-order valence-corrected chi connectivity index (χ1v) is 5.65. The van der Waals surface area contributed by atoms with E-state index in [1.165, 1.54) is 0 Å². The first-order valence-electron chi connectivity index (χ1n) is 5.65. The Kier molecular flexibility index (Phi) is 3.49. The van der Waals surface area contributed by atoms with Gasteiger partial charge in [0.1, 0.15) is 5.69 Å². The normalized spacial score (nSPS) is 12.6. The molecule has 0 aliphatic carbocycles. The van der Waals surface area contributed by atoms with E-state index in [1.807, 2.05) is 12.1 Å². The van der Waals surface area contributed by atoms with Gasteiger partial charge in [-0.15, -0.1) is 0 Å². The van der Waals surface area contributed by atoms with Gasteiger partial charge in [-0.05, 0) is 25.0 Å². The summed E-state index contributed by atoms with van der Waals surface area (Å²) in [5, 5.41) is 13.1. The maximum absolute atomic E-state index is 9.24. The van der Waals surface area contributed by atoms with Gasteiger partial charge in [0.2, 0.25) is 11.7 Å². The van der Waals surface area contributed by atoms with Gasteiger partial charge < -0.3 is 9.63 Å². The molecule has 0 amide bonds. The molecule has 5 nitrogen and oxygen atoms in total. The Balaban J connectivity index is 2.30. The molecule has 0 spiro atoms. The molecule has 2 aromatic rings. The molecule has 0 saturated heterocycles. The highest BCUT2D eigenvalue weighted by Gasteiger charge is 2.13. The third-order valence-corrected chi connectivity index (χ3v) is 2.42. The van der Waals surface area contributed by atoms with E-state index in [0.717, 1.165) is 17.7 Å². The second-order valence-corrected chi connectivity index (χ2v) is 3.93. The van der Waals surface area contributed by atoms with Gasteiger partial charge in [-0.2, -0.15) is 4.98 Å². The van der Waals surface area contributed by atoms with Gasteiger partial charge in [0.05, 0.1) is 12.5 Å². The molecule has 1 atom stereocenters. The van der Waals surface area contributed by atoms with Crippen LogP contribution in [0.25, 0.3) is 11.5 Å². The quantitative estimate of drug-likeness (QED) is 0.868. The summed E-state index contributed by atoms with van der Waals surface area (Å²) in [6, 6.07) is 3.88. The molecule has 17 heavy (non-hydrogen) atoms. The second-order valence-electron chi connectivity index (χ2n) is 3.93. The molecule has 0 aliphatic rings. The minimum Gasteiger partial charge on any atom is -0.393 e. The van der Waals surface area contributed by atoms with E-state index in [4.69, 9.17) is 4.52 Å². The molecule has 0 aromatic carbocycles. The van der Waals surface area contributed by atoms with Crippen molar-refractivity contribution in [3.63, 3.8) is 0 Å². The van der Waals surface area contributed by atoms with E-state index in [9.17, 15) is 5.11 Å². The number of hydrogen-bond donors (Lipinski definition) is 1. The van der Waals surface area contributed by atoms with Crippen LogP contribution in [0.4, 0.5) is 0 Å². The third-order valence-electron chi connectivity index (χ3n) is 2.42. The minimum atomic E-state index is -0.488. The molecule has 0 radical (unpaired) electrons. The summed E-state index contributed by atoms with van der Waals surface area (Å²) < 4.78 is 5.07. The van der Waals surface area contributed by atoms with Crippen LogP contribution in [-0.4, -0.2) is 26.3 Å². The number of nitrogens with zero attached hydrogens (tertiary/aromatic N) is 3. The summed E-state index contributed by atoms with van der Waals surface area (Å²) >= 11 is 0. The molecule has 2 rings (SSSR count). The number of aryl methyl sites for hydroxylation is 1. The van der Waals surface area contributed by atoms with Crippen LogP contribution < -0.4 is 0 Å². The topological polar surface area (TPSA) is 72.0 Å². The number of rotatable bonds is 4. The Morgan fingerprint density at radius 3 is 3.00 bits per heavy atom. The maximum atomic E-state index is 9.24. The van der Waals surface area contributed by atoms with Crippen LogP contribution in [0.3, 0.4) is 0 Å². The molecule has 1 N–H and O–H groups in total. The van der Waals surface area contributed by atoms with Gasteiger partial charge in [0.25, 0.3) is 0 Å². The average Bonchev–Trinajstić information content (AvgIpc) is 2.76. The zero-order chi connectivity index (χ0) is 12.3. The van der Waals surface area contributed by atoms with Crippen molar-refractivity contribution in [1.82, 2.24) is 15.1 Å². The summed E-state index contributed by atoms with van der Waals surface area (Å²) in [5.41, 5.74) is 1.83. The molecular weight excluding hydrogens is 218 g/mol. The molecule has 0 saturated carbocycles. The van der Waals surface area contributed by atoms with Crippen molar-refractivity contribution in [2.24, 2.45) is 0 Å². The first-order chi connectivity index (χ1) is 8.20. The number of pyridine rings is 1. The number of aromatic nitrogens is 3. The van der Waals surface area contributed by atoms with E-state index in [1.54, 1.807) is 13.1 Å². The van der Waals surface area contributed by atoms with Gasteiger partial charge in [0.15, 0.2) is 0 Å². The molecule has 1 unspecified atom stereocenters. The fraction of sp³-hybridized carbons (Fsp3) is 0.417. The van der Waals surface area contributed by atoms with Crippen LogP contribution in [0, 0.1) is 0 Å². The Hall–Kier alpha value is -1.75. The summed E-state index contributed by atoms with van der Waals surface area (Å²) in [6.45, 7) is 3.74. The summed E-state index contributed by atoms with van der Waals surface area (Å²) in [4.78, 5) is 8.49. The van der Waals surface area contributed by atoms with Crippen molar-refractivity contribution in [3.05, 3.63) is 29.8 Å². The zero-order valence-electron chi connectivity index (χ0n) is 9.92. The lowest BCUT2D eigenvalue weighted by Crippen LogP contribution is -2.04. The lowest BCUT2D eigenvalue weighted by Gasteiger charge is -2.00. The van der Waals surface area contributed by atoms with E-state index >= 15 is 0 Å². The molecule has 90 valence electrons. The van der Waals surface area contributed by atoms with Crippen LogP contribution in [0.2, 0.25) is 0 Å². The molecular formula is C12H15N3O2. The smallest absolute Gasteiger partial charge is 0.229 e. The molecule has 0 fully saturated rings. The predicted molar refractivity (Wildman–Crippen MR) is 62.3 cm³/mol. The zero-order valence-corrected chi connectivity index (χ0v) is 9.92. The highest BCUT2D eigenvalue weighted by molar-refractivity contribution is 5.53. The SMILES string of the molecule is CCc1cccnc1-c1noc(CC(C)O)n1. The predicted octanol–water partition coefficient (Wildman–Crippen LogP) is 1.62. The van der Waals surface area contributed by atoms with Crippen molar-refractivity contribution in [3.8, 4) is 11.5 Å². The molecule has 0 aliphatic heterocycles. The lowest BCUT2D eigenvalue weighted by molar-refractivity contribution is 0.181. The van der Waals surface area contributed by atoms with Crippen molar-refractivity contribution in [2.45, 2.75) is 32.8 Å². The van der Waals surface area contributed by atoms with Gasteiger partial charge >= 0.3 is 0 Å². The Morgan fingerprint density at radius 1 is 1.47 bits per heavy atom. The highest BCUT2D eigenvalue weighted by atomic mass is 16.5. The summed E-state index contributed by atoms with van der Waals surface area (Å²) in [6.07, 6.45) is 2.45. The maximum Gasteiger partial charge on any atom is 0.229 e. The minimum absolute atomic E-state index is 0.362. The summed E-state index contributed by atoms with van der Waals surface area (Å²) in [7, 11) is 0. The fourth-order valence-corrected chi connectivity index (χ4v) is 1.61. The van der Waals surface area contributed by atoms with E-state index in [0.29, 0.717) is 18.1 Å². The van der Waals surface area contributed by atoms with Crippen LogP contribution in [0.1, 0.15) is 25.3 Å². The van der Waals surface area contributed by atoms with Crippen molar-refractivity contribution in [2.75, 3.05) is 0 Å². The average molecular weight is 233 g/mol. The van der Waals surface area contributed by atoms with Crippen LogP contribution in [0.15, 0.2) is 22.9 Å². The van der Waals surface area contributed by atoms with Gasteiger partial charge in [-0.25, -0.2) is 0 Å². The Morgan fingerprint density at radius 2 is 2.29 bits per heavy atom. The highest BCUT2D eigenvalue weighted by Crippen LogP contribution is 2.18. The van der Waals surface area contributed by atoms with Crippen LogP contribution >= 0.6 is 0 Å². The standard InChI is InChI=1S/C12H15N3O2/c1-3-9-5-4-6-13-11(9)12-14-10(17-15-12)7-8(2)16/h4-6,8,16H,3,7H2,1-2H3. The lowest BCUT2D eigenvalue weighted by atomic mass is 10.1. The number of hydrogen-bond acceptors (Lipinski definition) is 5. The van der Waals surface area contributed by atoms with Crippen LogP contribution in [0.5, 0.6) is 0 Å². The van der Waals surface area contributed by atoms with Crippen molar-refractivity contribution < 1.29 is 9.63 Å². The number of aliphatic hydroxyl groups excluding tert-OH is 1. The van der Waals surface area contributed by atoms with E-state index < -0.39 is 6.10 Å². The fourth-order valence-electron chi connectivity index (χ4n) is 1.61. The van der Waals surface area contributed by atoms with Gasteiger partial charge in [-0.1, -0.05) is 18.1 Å². The molecule has 2 aromatic heterocycles. The van der Waals surface area contributed by atoms with Gasteiger partial charge in [0, 0.05) is 6.20 Å². The molecule has 5 heteroatoms. The Labute approximate surface area is 99.5 Å². The van der Waals surface area contributed by atoms with E-state index in [2.05, 4.69) is 22.0 Å². The van der Waals surface area contributed by atoms with Crippen LogP contribution in [-0.2, 0) is 12.8 Å². The molecule has 2 heterocycles. The monoisotopic (exact) mass is 233 g/mol. The van der Waals surface area contributed by atoms with E-state index in [-0.39, 0.29) is 0 Å². The largest absolute Gasteiger partial charge is 0.393 e. The Bertz CT molecular complexity index is 494. The first kappa shape index (κ1) is 11.7. The summed E-state index contributed by atoms with van der Waals surface area (Å²) in [5.74, 6) is 0.917. The number of aliphatic hydroxyl groups is 1. The molecule has 0 bridgehead atoms. The van der Waals surface area contributed by atoms with Crippen molar-refractivity contribution in [1.29, 1.82) is 0 Å². The van der Waals surface area contributed by atoms with Crippen molar-refractivity contribution >= 4 is 0 Å².